The molecular formula is C29H32ClN5O. The van der Waals surface area contributed by atoms with Crippen LogP contribution < -0.4 is 10.6 Å². The lowest BCUT2D eigenvalue weighted by Gasteiger charge is -2.32. The number of hydrogen-bond acceptors (Lipinski definition) is 4. The average Bonchev–Trinajstić information content (AvgIpc) is 3.25. The number of carbonyl (C=O) groups is 1. The molecule has 6 nitrogen and oxygen atoms in total. The Hall–Kier alpha value is -3.35. The van der Waals surface area contributed by atoms with Crippen LogP contribution in [-0.2, 0) is 4.79 Å². The van der Waals surface area contributed by atoms with E-state index in [2.05, 4.69) is 44.4 Å². The number of imidazole rings is 1. The molecule has 0 atom stereocenters. The normalized spacial score (nSPS) is 14.7. The van der Waals surface area contributed by atoms with Crippen molar-refractivity contribution in [3.05, 3.63) is 83.4 Å². The van der Waals surface area contributed by atoms with Crippen LogP contribution in [0.25, 0.3) is 16.7 Å². The second-order valence-electron chi connectivity index (χ2n) is 9.44. The summed E-state index contributed by atoms with van der Waals surface area (Å²) in [4.78, 5) is 18.8. The van der Waals surface area contributed by atoms with Crippen molar-refractivity contribution in [2.45, 2.75) is 32.1 Å². The Balaban J connectivity index is 1.15. The highest BCUT2D eigenvalue weighted by molar-refractivity contribution is 6.30. The summed E-state index contributed by atoms with van der Waals surface area (Å²) < 4.78 is 2.14. The molecule has 7 heteroatoms. The molecule has 1 fully saturated rings. The van der Waals surface area contributed by atoms with Crippen molar-refractivity contribution >= 4 is 40.2 Å². The summed E-state index contributed by atoms with van der Waals surface area (Å²) in [6, 6.07) is 24.4. The first-order chi connectivity index (χ1) is 17.6. The molecule has 0 unspecified atom stereocenters. The number of nitrogens with zero attached hydrogens (tertiary/aromatic N) is 3. The fourth-order valence-electron chi connectivity index (χ4n) is 5.09. The van der Waals surface area contributed by atoms with Gasteiger partial charge in [-0.3, -0.25) is 9.36 Å². The standard InChI is InChI=1S/C29H32ClN5O/c1-21(36)32-25-9-4-7-23(19-25)22-13-17-34(18-14-22)16-6-15-31-29-33-27-11-2-3-12-28(27)35(29)26-10-5-8-24(30)20-26/h2-5,7-12,19-20,22H,6,13-18H2,1H3,(H,31,33)(H,32,36). The summed E-state index contributed by atoms with van der Waals surface area (Å²) in [5.74, 6) is 1.36. The molecule has 2 heterocycles. The van der Waals surface area contributed by atoms with Gasteiger partial charge in [-0.1, -0.05) is 41.9 Å². The summed E-state index contributed by atoms with van der Waals surface area (Å²) >= 11 is 6.28. The highest BCUT2D eigenvalue weighted by Gasteiger charge is 2.21. The highest BCUT2D eigenvalue weighted by Crippen LogP contribution is 2.30. The molecule has 2 N–H and O–H groups in total. The number of benzene rings is 3. The summed E-state index contributed by atoms with van der Waals surface area (Å²) in [7, 11) is 0. The van der Waals surface area contributed by atoms with Crippen LogP contribution in [0, 0.1) is 0 Å². The van der Waals surface area contributed by atoms with Crippen molar-refractivity contribution in [2.24, 2.45) is 0 Å². The fraction of sp³-hybridized carbons (Fsp3) is 0.310. The summed E-state index contributed by atoms with van der Waals surface area (Å²) in [5.41, 5.74) is 5.24. The van der Waals surface area contributed by atoms with E-state index in [9.17, 15) is 4.79 Å². The Bertz CT molecular complexity index is 1340. The van der Waals surface area contributed by atoms with Crippen molar-refractivity contribution in [3.8, 4) is 5.69 Å². The first-order valence-electron chi connectivity index (χ1n) is 12.6. The van der Waals surface area contributed by atoms with Gasteiger partial charge in [-0.2, -0.15) is 0 Å². The zero-order valence-corrected chi connectivity index (χ0v) is 21.3. The number of nitrogens with one attached hydrogen (secondary N) is 2. The molecule has 0 spiro atoms. The highest BCUT2D eigenvalue weighted by atomic mass is 35.5. The van der Waals surface area contributed by atoms with Crippen LogP contribution in [0.4, 0.5) is 11.6 Å². The van der Waals surface area contributed by atoms with Gasteiger partial charge in [-0.15, -0.1) is 0 Å². The van der Waals surface area contributed by atoms with Gasteiger partial charge >= 0.3 is 0 Å². The van der Waals surface area contributed by atoms with Gasteiger partial charge in [0.15, 0.2) is 0 Å². The van der Waals surface area contributed by atoms with E-state index in [1.165, 1.54) is 5.56 Å². The van der Waals surface area contributed by atoms with Crippen LogP contribution in [0.2, 0.25) is 5.02 Å². The van der Waals surface area contributed by atoms with E-state index in [1.54, 1.807) is 6.92 Å². The molecule has 0 aliphatic carbocycles. The Labute approximate surface area is 217 Å². The topological polar surface area (TPSA) is 62.2 Å². The summed E-state index contributed by atoms with van der Waals surface area (Å²) in [5, 5.41) is 7.17. The van der Waals surface area contributed by atoms with E-state index in [0.29, 0.717) is 10.9 Å². The number of halogens is 1. The van der Waals surface area contributed by atoms with Gasteiger partial charge in [-0.05, 0) is 92.8 Å². The first-order valence-corrected chi connectivity index (χ1v) is 13.0. The minimum absolute atomic E-state index is 0.0290. The predicted molar refractivity (Wildman–Crippen MR) is 148 cm³/mol. The van der Waals surface area contributed by atoms with Crippen molar-refractivity contribution in [1.29, 1.82) is 0 Å². The number of likely N-dealkylation sites (tertiary alicyclic amines) is 1. The molecule has 1 aliphatic rings. The molecule has 36 heavy (non-hydrogen) atoms. The molecule has 0 radical (unpaired) electrons. The van der Waals surface area contributed by atoms with Crippen LogP contribution in [0.15, 0.2) is 72.8 Å². The van der Waals surface area contributed by atoms with Gasteiger partial charge < -0.3 is 15.5 Å². The fourth-order valence-corrected chi connectivity index (χ4v) is 5.27. The predicted octanol–water partition coefficient (Wildman–Crippen LogP) is 6.32. The maximum Gasteiger partial charge on any atom is 0.221 e. The quantitative estimate of drug-likeness (QED) is 0.277. The molecule has 1 saturated heterocycles. The van der Waals surface area contributed by atoms with Crippen molar-refractivity contribution in [2.75, 3.05) is 36.8 Å². The van der Waals surface area contributed by atoms with Crippen LogP contribution in [0.1, 0.15) is 37.7 Å². The van der Waals surface area contributed by atoms with Crippen molar-refractivity contribution in [1.82, 2.24) is 14.5 Å². The SMILES string of the molecule is CC(=O)Nc1cccc(C2CCN(CCCNc3nc4ccccc4n3-c3cccc(Cl)c3)CC2)c1. The van der Waals surface area contributed by atoms with E-state index >= 15 is 0 Å². The number of fused-ring (bicyclic) bond motifs is 1. The lowest BCUT2D eigenvalue weighted by molar-refractivity contribution is -0.114. The smallest absolute Gasteiger partial charge is 0.221 e. The van der Waals surface area contributed by atoms with Crippen LogP contribution in [0.3, 0.4) is 0 Å². The van der Waals surface area contributed by atoms with Crippen LogP contribution in [-0.4, -0.2) is 46.5 Å². The van der Waals surface area contributed by atoms with Crippen molar-refractivity contribution in [3.63, 3.8) is 0 Å². The van der Waals surface area contributed by atoms with E-state index in [1.807, 2.05) is 48.5 Å². The molecule has 1 amide bonds. The average molecular weight is 502 g/mol. The summed E-state index contributed by atoms with van der Waals surface area (Å²) in [6.07, 6.45) is 3.32. The van der Waals surface area contributed by atoms with E-state index in [-0.39, 0.29) is 5.91 Å². The number of hydrogen-bond donors (Lipinski definition) is 2. The molecular weight excluding hydrogens is 470 g/mol. The van der Waals surface area contributed by atoms with Crippen LogP contribution in [0.5, 0.6) is 0 Å². The van der Waals surface area contributed by atoms with Gasteiger partial charge in [0, 0.05) is 24.2 Å². The third-order valence-electron chi connectivity index (χ3n) is 6.83. The molecule has 3 aromatic carbocycles. The zero-order chi connectivity index (χ0) is 24.9. The molecule has 1 aromatic heterocycles. The van der Waals surface area contributed by atoms with Gasteiger partial charge in [0.25, 0.3) is 0 Å². The Kier molecular flexibility index (Phi) is 7.54. The van der Waals surface area contributed by atoms with Gasteiger partial charge in [0.1, 0.15) is 0 Å². The molecule has 4 aromatic rings. The Morgan fingerprint density at radius 2 is 1.83 bits per heavy atom. The van der Waals surface area contributed by atoms with E-state index < -0.39 is 0 Å². The van der Waals surface area contributed by atoms with Crippen molar-refractivity contribution < 1.29 is 4.79 Å². The second kappa shape index (κ2) is 11.1. The van der Waals surface area contributed by atoms with Gasteiger partial charge in [0.2, 0.25) is 11.9 Å². The number of aromatic nitrogens is 2. The lowest BCUT2D eigenvalue weighted by atomic mass is 9.89. The number of piperidine rings is 1. The monoisotopic (exact) mass is 501 g/mol. The van der Waals surface area contributed by atoms with Gasteiger partial charge in [0.05, 0.1) is 16.7 Å². The van der Waals surface area contributed by atoms with Crippen LogP contribution >= 0.6 is 11.6 Å². The number of para-hydroxylation sites is 2. The maximum absolute atomic E-state index is 11.4. The minimum Gasteiger partial charge on any atom is -0.355 e. The van der Waals surface area contributed by atoms with E-state index in [4.69, 9.17) is 16.6 Å². The third-order valence-corrected chi connectivity index (χ3v) is 7.06. The zero-order valence-electron chi connectivity index (χ0n) is 20.6. The number of carbonyl (C=O) groups excluding carboxylic acids is 1. The second-order valence-corrected chi connectivity index (χ2v) is 9.88. The molecule has 186 valence electrons. The first kappa shape index (κ1) is 24.3. The third kappa shape index (κ3) is 5.72. The number of rotatable bonds is 8. The molecule has 5 rings (SSSR count). The molecule has 1 aliphatic heterocycles. The molecule has 0 saturated carbocycles. The molecule has 0 bridgehead atoms. The lowest BCUT2D eigenvalue weighted by Crippen LogP contribution is -2.34. The van der Waals surface area contributed by atoms with E-state index in [0.717, 1.165) is 73.8 Å². The maximum atomic E-state index is 11.4. The number of anilines is 2. The van der Waals surface area contributed by atoms with Gasteiger partial charge in [-0.25, -0.2) is 4.98 Å². The number of amides is 1. The Morgan fingerprint density at radius 1 is 1.03 bits per heavy atom. The largest absolute Gasteiger partial charge is 0.355 e. The summed E-state index contributed by atoms with van der Waals surface area (Å²) in [6.45, 7) is 5.64. The Morgan fingerprint density at radius 3 is 2.64 bits per heavy atom. The minimum atomic E-state index is -0.0290.